The highest BCUT2D eigenvalue weighted by Gasteiger charge is 2.59. The second kappa shape index (κ2) is 8.65. The average molecular weight is 478 g/mol. The molecule has 180 valence electrons. The minimum Gasteiger partial charge on any atom is -0.396 e. The normalized spacial score (nSPS) is 30.1. The van der Waals surface area contributed by atoms with Crippen molar-refractivity contribution in [3.8, 4) is 0 Å². The molecule has 9 nitrogen and oxygen atoms in total. The number of aliphatic hydroxyl groups excluding tert-OH is 1. The Labute approximate surface area is 193 Å². The van der Waals surface area contributed by atoms with Crippen molar-refractivity contribution >= 4 is 21.5 Å². The topological polar surface area (TPSA) is 109 Å². The lowest BCUT2D eigenvalue weighted by atomic mass is 9.86. The molecule has 4 heterocycles. The van der Waals surface area contributed by atoms with Gasteiger partial charge in [0, 0.05) is 49.5 Å². The summed E-state index contributed by atoms with van der Waals surface area (Å²) in [5, 5.41) is 10.3. The van der Waals surface area contributed by atoms with Crippen LogP contribution in [0.4, 0.5) is 0 Å². The molecule has 4 atom stereocenters. The first-order valence-electron chi connectivity index (χ1n) is 11.7. The van der Waals surface area contributed by atoms with Crippen molar-refractivity contribution in [2.45, 2.75) is 44.3 Å². The van der Waals surface area contributed by atoms with Crippen molar-refractivity contribution in [1.82, 2.24) is 13.8 Å². The Morgan fingerprint density at radius 3 is 2.61 bits per heavy atom. The number of allylic oxidation sites excluding steroid dienone is 2. The number of amides is 1. The second-order valence-electron chi connectivity index (χ2n) is 9.48. The van der Waals surface area contributed by atoms with Gasteiger partial charge in [0.2, 0.25) is 15.9 Å². The zero-order chi connectivity index (χ0) is 23.3. The number of pyridine rings is 1. The highest BCUT2D eigenvalue weighted by atomic mass is 32.2. The summed E-state index contributed by atoms with van der Waals surface area (Å²) in [7, 11) is -3.69. The summed E-state index contributed by atoms with van der Waals surface area (Å²) >= 11 is 0. The SMILES string of the molecule is CS(=O)(=O)N1[C@@H]2c3ccc(C4=CCCCC4)c(=O)n3C[C@H]1[C@H](CO)[C@H]2C(=O)N1CCOCC1. The van der Waals surface area contributed by atoms with Gasteiger partial charge in [-0.2, -0.15) is 4.31 Å². The monoisotopic (exact) mass is 477 g/mol. The third kappa shape index (κ3) is 3.77. The highest BCUT2D eigenvalue weighted by molar-refractivity contribution is 7.88. The van der Waals surface area contributed by atoms with Crippen LogP contribution in [0.3, 0.4) is 0 Å². The first kappa shape index (κ1) is 22.8. The van der Waals surface area contributed by atoms with Crippen molar-refractivity contribution in [2.75, 3.05) is 39.2 Å². The van der Waals surface area contributed by atoms with E-state index in [0.717, 1.165) is 37.5 Å². The number of sulfonamides is 1. The van der Waals surface area contributed by atoms with Crippen molar-refractivity contribution < 1.29 is 23.1 Å². The molecular formula is C23H31N3O6S. The molecule has 2 fully saturated rings. The van der Waals surface area contributed by atoms with E-state index in [2.05, 4.69) is 6.08 Å². The zero-order valence-electron chi connectivity index (χ0n) is 18.9. The molecule has 3 aliphatic heterocycles. The van der Waals surface area contributed by atoms with Gasteiger partial charge in [-0.3, -0.25) is 9.59 Å². The Balaban J connectivity index is 1.63. The van der Waals surface area contributed by atoms with Gasteiger partial charge in [-0.25, -0.2) is 8.42 Å². The van der Waals surface area contributed by atoms with Gasteiger partial charge in [0.25, 0.3) is 5.56 Å². The largest absolute Gasteiger partial charge is 0.396 e. The Kier molecular flexibility index (Phi) is 5.97. The third-order valence-corrected chi connectivity index (χ3v) is 8.88. The first-order chi connectivity index (χ1) is 15.8. The summed E-state index contributed by atoms with van der Waals surface area (Å²) in [5.41, 5.74) is 2.09. The van der Waals surface area contributed by atoms with E-state index in [1.807, 2.05) is 6.07 Å². The number of morpholine rings is 1. The van der Waals surface area contributed by atoms with Crippen LogP contribution in [0.25, 0.3) is 5.57 Å². The molecule has 0 spiro atoms. The molecule has 1 amide bonds. The Morgan fingerprint density at radius 1 is 1.21 bits per heavy atom. The second-order valence-corrected chi connectivity index (χ2v) is 11.4. The summed E-state index contributed by atoms with van der Waals surface area (Å²) in [6.07, 6.45) is 7.23. The van der Waals surface area contributed by atoms with Crippen LogP contribution in [-0.2, 0) is 26.1 Å². The van der Waals surface area contributed by atoms with Gasteiger partial charge >= 0.3 is 0 Å². The molecule has 2 bridgehead atoms. The van der Waals surface area contributed by atoms with Gasteiger partial charge in [0.15, 0.2) is 0 Å². The van der Waals surface area contributed by atoms with E-state index in [-0.39, 0.29) is 24.6 Å². The Hall–Kier alpha value is -2.01. The molecule has 0 unspecified atom stereocenters. The zero-order valence-corrected chi connectivity index (χ0v) is 19.7. The molecule has 1 aliphatic carbocycles. The summed E-state index contributed by atoms with van der Waals surface area (Å²) in [6, 6.07) is 2.14. The number of hydrogen-bond donors (Lipinski definition) is 1. The summed E-state index contributed by atoms with van der Waals surface area (Å²) in [6.45, 7) is 1.54. The van der Waals surface area contributed by atoms with Crippen LogP contribution >= 0.6 is 0 Å². The van der Waals surface area contributed by atoms with Crippen molar-refractivity contribution in [2.24, 2.45) is 11.8 Å². The predicted molar refractivity (Wildman–Crippen MR) is 122 cm³/mol. The molecule has 0 saturated carbocycles. The lowest BCUT2D eigenvalue weighted by Gasteiger charge is -2.37. The van der Waals surface area contributed by atoms with E-state index in [1.165, 1.54) is 4.31 Å². The van der Waals surface area contributed by atoms with Gasteiger partial charge in [0.1, 0.15) is 0 Å². The van der Waals surface area contributed by atoms with Gasteiger partial charge < -0.3 is 19.3 Å². The van der Waals surface area contributed by atoms with Crippen LogP contribution in [-0.4, -0.2) is 78.4 Å². The van der Waals surface area contributed by atoms with Crippen molar-refractivity contribution in [1.29, 1.82) is 0 Å². The van der Waals surface area contributed by atoms with Gasteiger partial charge in [-0.15, -0.1) is 0 Å². The third-order valence-electron chi connectivity index (χ3n) is 7.62. The van der Waals surface area contributed by atoms with Crippen LogP contribution in [0, 0.1) is 11.8 Å². The number of rotatable bonds is 4. The van der Waals surface area contributed by atoms with E-state index < -0.39 is 33.9 Å². The molecule has 33 heavy (non-hydrogen) atoms. The fourth-order valence-corrected chi connectivity index (χ4v) is 7.48. The standard InChI is InChI=1S/C23H31N3O6S/c1-33(30,31)26-19-13-25-18(8-7-16(22(25)28)15-5-3-2-4-6-15)21(26)20(17(19)14-27)23(29)24-9-11-32-12-10-24/h5,7-8,17,19-21,27H,2-4,6,9-14H2,1H3/t17-,19-,20+,21+/m0/s1. The minimum atomic E-state index is -3.69. The molecule has 5 rings (SSSR count). The maximum absolute atomic E-state index is 13.6. The minimum absolute atomic E-state index is 0.136. The number of nitrogens with zero attached hydrogens (tertiary/aromatic N) is 3. The number of fused-ring (bicyclic) bond motifs is 4. The summed E-state index contributed by atoms with van der Waals surface area (Å²) in [5.74, 6) is -1.52. The molecule has 2 saturated heterocycles. The molecule has 10 heteroatoms. The predicted octanol–water partition coefficient (Wildman–Crippen LogP) is 0.588. The van der Waals surface area contributed by atoms with Gasteiger partial charge in [-0.1, -0.05) is 6.08 Å². The Morgan fingerprint density at radius 2 is 1.97 bits per heavy atom. The molecule has 4 aliphatic rings. The molecule has 1 N–H and O–H groups in total. The van der Waals surface area contributed by atoms with Crippen molar-refractivity contribution in [3.05, 3.63) is 39.8 Å². The van der Waals surface area contributed by atoms with Crippen LogP contribution in [0.1, 0.15) is 43.0 Å². The van der Waals surface area contributed by atoms with E-state index in [4.69, 9.17) is 4.74 Å². The van der Waals surface area contributed by atoms with Gasteiger partial charge in [-0.05, 0) is 43.4 Å². The summed E-state index contributed by atoms with van der Waals surface area (Å²) < 4.78 is 34.1. The van der Waals surface area contributed by atoms with Crippen LogP contribution in [0.15, 0.2) is 23.0 Å². The maximum atomic E-state index is 13.6. The lowest BCUT2D eigenvalue weighted by molar-refractivity contribution is -0.142. The number of ether oxygens (including phenoxy) is 1. The number of aromatic nitrogens is 1. The van der Waals surface area contributed by atoms with E-state index >= 15 is 0 Å². The summed E-state index contributed by atoms with van der Waals surface area (Å²) in [4.78, 5) is 28.9. The Bertz CT molecular complexity index is 1140. The average Bonchev–Trinajstić information content (AvgIpc) is 3.08. The number of aliphatic hydroxyl groups is 1. The first-order valence-corrected chi connectivity index (χ1v) is 13.6. The fraction of sp³-hybridized carbons (Fsp3) is 0.652. The molecule has 1 aromatic heterocycles. The molecule has 0 aromatic carbocycles. The molecule has 1 aromatic rings. The van der Waals surface area contributed by atoms with Gasteiger partial charge in [0.05, 0.1) is 31.4 Å². The maximum Gasteiger partial charge on any atom is 0.258 e. The number of carbonyl (C=O) groups is 1. The van der Waals surface area contributed by atoms with E-state index in [9.17, 15) is 23.1 Å². The quantitative estimate of drug-likeness (QED) is 0.680. The van der Waals surface area contributed by atoms with E-state index in [0.29, 0.717) is 37.6 Å². The molecule has 0 radical (unpaired) electrons. The fourth-order valence-electron chi connectivity index (χ4n) is 6.11. The number of carbonyl (C=O) groups excluding carboxylic acids is 1. The molecular weight excluding hydrogens is 446 g/mol. The van der Waals surface area contributed by atoms with Crippen LogP contribution in [0.5, 0.6) is 0 Å². The van der Waals surface area contributed by atoms with Crippen molar-refractivity contribution in [3.63, 3.8) is 0 Å². The van der Waals surface area contributed by atoms with Crippen LogP contribution in [0.2, 0.25) is 0 Å². The lowest BCUT2D eigenvalue weighted by Crippen LogP contribution is -2.49. The highest BCUT2D eigenvalue weighted by Crippen LogP contribution is 2.50. The van der Waals surface area contributed by atoms with Crippen LogP contribution < -0.4 is 5.56 Å². The smallest absolute Gasteiger partial charge is 0.258 e. The number of hydrogen-bond acceptors (Lipinski definition) is 6. The van der Waals surface area contributed by atoms with E-state index in [1.54, 1.807) is 15.5 Å².